The van der Waals surface area contributed by atoms with Crippen LogP contribution in [0.5, 0.6) is 5.75 Å². The van der Waals surface area contributed by atoms with Crippen molar-refractivity contribution in [3.8, 4) is 5.75 Å². The van der Waals surface area contributed by atoms with Gasteiger partial charge < -0.3 is 28.8 Å². The molecule has 5 rings (SSSR count). The Hall–Kier alpha value is -3.38. The van der Waals surface area contributed by atoms with E-state index in [1.165, 1.54) is 26.2 Å². The molecule has 3 aliphatic rings. The van der Waals surface area contributed by atoms with E-state index >= 15 is 0 Å². The Morgan fingerprint density at radius 3 is 2.58 bits per heavy atom. The molecule has 11 nitrogen and oxygen atoms in total. The summed E-state index contributed by atoms with van der Waals surface area (Å²) in [6.45, 7) is -0.00461. The fraction of sp³-hybridized carbons (Fsp3) is 0.440. The highest BCUT2D eigenvalue weighted by Crippen LogP contribution is 2.58. The molecule has 2 fully saturated rings. The number of nitrogens with zero attached hydrogens (tertiary/aromatic N) is 2. The van der Waals surface area contributed by atoms with Crippen molar-refractivity contribution >= 4 is 17.7 Å². The van der Waals surface area contributed by atoms with Crippen molar-refractivity contribution in [3.63, 3.8) is 0 Å². The Labute approximate surface area is 207 Å². The maximum atomic E-state index is 12.5. The number of rotatable bonds is 8. The van der Waals surface area contributed by atoms with E-state index in [0.29, 0.717) is 23.5 Å². The molecular formula is C25H28N2O9. The lowest BCUT2D eigenvalue weighted by atomic mass is 9.82. The van der Waals surface area contributed by atoms with Crippen LogP contribution in [0.3, 0.4) is 0 Å². The molecule has 3 heterocycles. The molecule has 36 heavy (non-hydrogen) atoms. The fourth-order valence-corrected chi connectivity index (χ4v) is 5.18. The third-order valence-electron chi connectivity index (χ3n) is 6.80. The number of hydroxylamine groups is 1. The van der Waals surface area contributed by atoms with Crippen LogP contribution in [0.4, 0.5) is 10.5 Å². The standard InChI is InChI=1S/C25H28N2O9/c1-31-14-35-25-17(12-28)21-18(26(36-25)11-19-22(25)27(19)24(30)33-3)9-16(23(29)32-2)10-20(21)34-13-15-7-5-4-6-8-15/h4-10,17,19,22,28H,11-14H2,1-3H3/t17-,19-,22-,25+,27?/m0/s1. The van der Waals surface area contributed by atoms with Crippen molar-refractivity contribution in [1.82, 2.24) is 4.90 Å². The number of aliphatic hydroxyl groups excluding tert-OH is 1. The summed E-state index contributed by atoms with van der Waals surface area (Å²) in [5.74, 6) is -2.42. The second-order valence-corrected chi connectivity index (χ2v) is 8.72. The lowest BCUT2D eigenvalue weighted by Gasteiger charge is -2.49. The zero-order chi connectivity index (χ0) is 25.4. The highest BCUT2D eigenvalue weighted by molar-refractivity contribution is 5.92. The molecule has 1 amide bonds. The van der Waals surface area contributed by atoms with E-state index in [1.807, 2.05) is 30.3 Å². The lowest BCUT2D eigenvalue weighted by Crippen LogP contribution is -2.61. The molecule has 4 atom stereocenters. The maximum Gasteiger partial charge on any atom is 0.410 e. The number of aliphatic hydroxyl groups is 1. The normalized spacial score (nSPS) is 25.5. The molecule has 3 aliphatic heterocycles. The number of hydrogen-bond acceptors (Lipinski definition) is 10. The van der Waals surface area contributed by atoms with Gasteiger partial charge in [-0.2, -0.15) is 0 Å². The third-order valence-corrected chi connectivity index (χ3v) is 6.80. The monoisotopic (exact) mass is 500 g/mol. The number of methoxy groups -OCH3 is 3. The average Bonchev–Trinajstić information content (AvgIpc) is 3.65. The number of amides is 1. The Morgan fingerprint density at radius 2 is 1.92 bits per heavy atom. The van der Waals surface area contributed by atoms with Gasteiger partial charge in [0.15, 0.2) is 0 Å². The number of esters is 1. The number of fused-ring (bicyclic) bond motifs is 6. The zero-order valence-corrected chi connectivity index (χ0v) is 20.2. The Kier molecular flexibility index (Phi) is 6.47. The molecule has 2 aromatic rings. The highest BCUT2D eigenvalue weighted by Gasteiger charge is 2.73. The Morgan fingerprint density at radius 1 is 1.14 bits per heavy atom. The minimum Gasteiger partial charge on any atom is -0.489 e. The van der Waals surface area contributed by atoms with Crippen LogP contribution in [0.15, 0.2) is 42.5 Å². The number of hydrogen-bond donors (Lipinski definition) is 1. The summed E-state index contributed by atoms with van der Waals surface area (Å²) in [6.07, 6.45) is -0.528. The van der Waals surface area contributed by atoms with Crippen LogP contribution < -0.4 is 9.80 Å². The number of anilines is 1. The second-order valence-electron chi connectivity index (χ2n) is 8.72. The number of ether oxygens (including phenoxy) is 5. The number of benzene rings is 2. The molecule has 2 saturated heterocycles. The quantitative estimate of drug-likeness (QED) is 0.328. The molecule has 0 radical (unpaired) electrons. The summed E-state index contributed by atoms with van der Waals surface area (Å²) in [5.41, 5.74) is 2.30. The van der Waals surface area contributed by atoms with Gasteiger partial charge >= 0.3 is 12.1 Å². The van der Waals surface area contributed by atoms with Gasteiger partial charge in [-0.15, -0.1) is 0 Å². The number of carbonyl (C=O) groups excluding carboxylic acids is 2. The fourth-order valence-electron chi connectivity index (χ4n) is 5.18. The molecule has 0 saturated carbocycles. The van der Waals surface area contributed by atoms with Gasteiger partial charge in [-0.3, -0.25) is 4.90 Å². The highest BCUT2D eigenvalue weighted by atomic mass is 16.8. The number of carbonyl (C=O) groups is 2. The minimum atomic E-state index is -1.47. The molecule has 11 heteroatoms. The summed E-state index contributed by atoms with van der Waals surface area (Å²) in [7, 11) is 4.08. The molecule has 1 N–H and O–H groups in total. The lowest BCUT2D eigenvalue weighted by molar-refractivity contribution is -0.303. The molecular weight excluding hydrogens is 472 g/mol. The maximum absolute atomic E-state index is 12.5. The van der Waals surface area contributed by atoms with E-state index in [-0.39, 0.29) is 31.6 Å². The van der Waals surface area contributed by atoms with Gasteiger partial charge in [-0.1, -0.05) is 30.3 Å². The van der Waals surface area contributed by atoms with Gasteiger partial charge in [0.05, 0.1) is 50.6 Å². The van der Waals surface area contributed by atoms with Crippen LogP contribution in [0.25, 0.3) is 0 Å². The molecule has 192 valence electrons. The third kappa shape index (κ3) is 3.84. The van der Waals surface area contributed by atoms with Crippen molar-refractivity contribution in [2.45, 2.75) is 30.4 Å². The molecule has 0 aromatic heterocycles. The average molecular weight is 501 g/mol. The predicted octanol–water partition coefficient (Wildman–Crippen LogP) is 2.03. The van der Waals surface area contributed by atoms with Gasteiger partial charge in [0.2, 0.25) is 5.79 Å². The summed E-state index contributed by atoms with van der Waals surface area (Å²) >= 11 is 0. The largest absolute Gasteiger partial charge is 0.489 e. The van der Waals surface area contributed by atoms with E-state index in [9.17, 15) is 14.7 Å². The van der Waals surface area contributed by atoms with Gasteiger partial charge in [0.25, 0.3) is 0 Å². The summed E-state index contributed by atoms with van der Waals surface area (Å²) in [6, 6.07) is 12.0. The van der Waals surface area contributed by atoms with Crippen LogP contribution in [0.2, 0.25) is 0 Å². The Balaban J connectivity index is 1.62. The van der Waals surface area contributed by atoms with E-state index in [0.717, 1.165) is 5.56 Å². The van der Waals surface area contributed by atoms with Crippen molar-refractivity contribution in [1.29, 1.82) is 0 Å². The van der Waals surface area contributed by atoms with Crippen molar-refractivity contribution in [3.05, 3.63) is 59.2 Å². The summed E-state index contributed by atoms with van der Waals surface area (Å²) in [4.78, 5) is 32.9. The first kappa shape index (κ1) is 24.3. The first-order chi connectivity index (χ1) is 17.5. The SMILES string of the molecule is COCO[C@]12ON(C[C@H]3[C@@H]1N3C(=O)OC)c1cc(C(=O)OC)cc(OCc3ccccc3)c1[C@@H]2CO. The van der Waals surface area contributed by atoms with Crippen molar-refractivity contribution in [2.75, 3.05) is 46.3 Å². The molecule has 2 aromatic carbocycles. The van der Waals surface area contributed by atoms with E-state index in [1.54, 1.807) is 17.2 Å². The van der Waals surface area contributed by atoms with Gasteiger partial charge in [-0.05, 0) is 17.7 Å². The van der Waals surface area contributed by atoms with Crippen molar-refractivity contribution in [2.24, 2.45) is 0 Å². The first-order valence-corrected chi connectivity index (χ1v) is 11.5. The minimum absolute atomic E-state index is 0.141. The van der Waals surface area contributed by atoms with Gasteiger partial charge in [0, 0.05) is 12.7 Å². The van der Waals surface area contributed by atoms with Crippen LogP contribution in [0, 0.1) is 0 Å². The molecule has 0 unspecified atom stereocenters. The summed E-state index contributed by atoms with van der Waals surface area (Å²) < 4.78 is 27.4. The molecule has 0 spiro atoms. The van der Waals surface area contributed by atoms with Crippen LogP contribution >= 0.6 is 0 Å². The topological polar surface area (TPSA) is 116 Å². The first-order valence-electron chi connectivity index (χ1n) is 11.5. The van der Waals surface area contributed by atoms with Crippen LogP contribution in [0.1, 0.15) is 27.4 Å². The van der Waals surface area contributed by atoms with E-state index in [2.05, 4.69) is 0 Å². The van der Waals surface area contributed by atoms with E-state index in [4.69, 9.17) is 28.5 Å². The van der Waals surface area contributed by atoms with Crippen molar-refractivity contribution < 1.29 is 43.2 Å². The Bertz CT molecular complexity index is 1140. The zero-order valence-electron chi connectivity index (χ0n) is 20.2. The molecule has 2 bridgehead atoms. The van der Waals surface area contributed by atoms with Gasteiger partial charge in [-0.25, -0.2) is 19.5 Å². The smallest absolute Gasteiger partial charge is 0.410 e. The van der Waals surface area contributed by atoms with Crippen LogP contribution in [-0.2, 0) is 30.4 Å². The molecule has 0 aliphatic carbocycles. The van der Waals surface area contributed by atoms with E-state index < -0.39 is 29.8 Å². The van der Waals surface area contributed by atoms with Crippen LogP contribution in [-0.4, -0.2) is 81.2 Å². The summed E-state index contributed by atoms with van der Waals surface area (Å²) in [5, 5.41) is 12.2. The second kappa shape index (κ2) is 9.58. The van der Waals surface area contributed by atoms with Gasteiger partial charge in [0.1, 0.15) is 25.2 Å². The predicted molar refractivity (Wildman–Crippen MR) is 124 cm³/mol.